The Hall–Kier alpha value is -3.26. The van der Waals surface area contributed by atoms with Crippen molar-refractivity contribution >= 4 is 23.2 Å². The molecule has 1 atom stereocenters. The number of piperidine rings is 1. The summed E-state index contributed by atoms with van der Waals surface area (Å²) < 4.78 is 11.1. The maximum absolute atomic E-state index is 12.7. The number of fused-ring (bicyclic) bond motifs is 1. The van der Waals surface area contributed by atoms with Gasteiger partial charge in [-0.1, -0.05) is 12.1 Å². The number of rotatable bonds is 5. The number of anilines is 2. The Morgan fingerprint density at radius 2 is 1.74 bits per heavy atom. The molecule has 2 aromatic carbocycles. The summed E-state index contributed by atoms with van der Waals surface area (Å²) in [4.78, 5) is 27.4. The van der Waals surface area contributed by atoms with Gasteiger partial charge in [0.15, 0.2) is 11.5 Å². The minimum atomic E-state index is -0.324. The summed E-state index contributed by atoms with van der Waals surface area (Å²) in [5, 5.41) is 15.6. The number of nitrogens with one attached hydrogen (secondary N) is 2. The van der Waals surface area contributed by atoms with Crippen LogP contribution in [0.15, 0.2) is 42.5 Å². The molecule has 0 aliphatic carbocycles. The van der Waals surface area contributed by atoms with E-state index in [2.05, 4.69) is 15.5 Å². The number of hydrogen-bond donors (Lipinski definition) is 3. The molecule has 0 aromatic heterocycles. The van der Waals surface area contributed by atoms with Gasteiger partial charge < -0.3 is 25.2 Å². The second kappa shape index (κ2) is 9.26. The fraction of sp³-hybridized carbons (Fsp3) is 0.391. The summed E-state index contributed by atoms with van der Waals surface area (Å²) in [6.45, 7) is 4.18. The van der Waals surface area contributed by atoms with Crippen LogP contribution in [-0.4, -0.2) is 54.2 Å². The van der Waals surface area contributed by atoms with E-state index in [1.807, 2.05) is 6.92 Å². The van der Waals surface area contributed by atoms with Crippen LogP contribution in [0.2, 0.25) is 0 Å². The zero-order valence-electron chi connectivity index (χ0n) is 17.5. The highest BCUT2D eigenvalue weighted by Crippen LogP contribution is 2.33. The van der Waals surface area contributed by atoms with Gasteiger partial charge in [0.25, 0.3) is 0 Å². The predicted molar refractivity (Wildman–Crippen MR) is 117 cm³/mol. The molecule has 2 aliphatic heterocycles. The number of likely N-dealkylation sites (tertiary alicyclic amines) is 1. The molecular formula is C23H27N3O5. The number of carbonyl (C=O) groups is 2. The van der Waals surface area contributed by atoms with Crippen LogP contribution in [0.4, 0.5) is 11.4 Å². The molecule has 2 heterocycles. The second-order valence-corrected chi connectivity index (χ2v) is 7.84. The highest BCUT2D eigenvalue weighted by Gasteiger charge is 2.30. The number of carbonyl (C=O) groups excluding carboxylic acids is 2. The monoisotopic (exact) mass is 425 g/mol. The summed E-state index contributed by atoms with van der Waals surface area (Å²) in [5.74, 6) is 1.01. The normalized spacial score (nSPS) is 17.6. The molecule has 1 saturated heterocycles. The van der Waals surface area contributed by atoms with E-state index in [4.69, 9.17) is 9.47 Å². The molecule has 164 valence electrons. The first-order valence-electron chi connectivity index (χ1n) is 10.5. The van der Waals surface area contributed by atoms with Crippen molar-refractivity contribution < 1.29 is 24.2 Å². The first kappa shape index (κ1) is 21.0. The molecule has 0 bridgehead atoms. The van der Waals surface area contributed by atoms with Gasteiger partial charge in [-0.15, -0.1) is 0 Å². The van der Waals surface area contributed by atoms with E-state index in [9.17, 15) is 14.7 Å². The Kier molecular flexibility index (Phi) is 6.27. The average molecular weight is 425 g/mol. The summed E-state index contributed by atoms with van der Waals surface area (Å²) in [6, 6.07) is 11.7. The third-order valence-electron chi connectivity index (χ3n) is 5.80. The smallest absolute Gasteiger partial charge is 0.241 e. The molecule has 2 aromatic rings. The molecule has 4 rings (SSSR count). The number of para-hydroxylation sites is 2. The molecular weight excluding hydrogens is 398 g/mol. The van der Waals surface area contributed by atoms with Gasteiger partial charge in [0.1, 0.15) is 19.0 Å². The van der Waals surface area contributed by atoms with Crippen molar-refractivity contribution in [2.75, 3.05) is 36.9 Å². The Balaban J connectivity index is 1.28. The number of ether oxygens (including phenoxy) is 2. The molecule has 0 radical (unpaired) electrons. The summed E-state index contributed by atoms with van der Waals surface area (Å²) >= 11 is 0. The number of nitrogens with zero attached hydrogens (tertiary/aromatic N) is 1. The Labute approximate surface area is 181 Å². The SMILES string of the molecule is CC(C(=O)Nc1ccc2c(c1)OCCO2)N1CCC(C(=O)Nc2ccccc2O)CC1. The third kappa shape index (κ3) is 4.91. The number of phenolic OH excluding ortho intramolecular Hbond substituents is 1. The highest BCUT2D eigenvalue weighted by molar-refractivity contribution is 5.95. The van der Waals surface area contributed by atoms with Gasteiger partial charge in [0.05, 0.1) is 11.7 Å². The summed E-state index contributed by atoms with van der Waals surface area (Å²) in [7, 11) is 0. The van der Waals surface area contributed by atoms with Gasteiger partial charge >= 0.3 is 0 Å². The van der Waals surface area contributed by atoms with Crippen LogP contribution in [-0.2, 0) is 9.59 Å². The van der Waals surface area contributed by atoms with E-state index < -0.39 is 0 Å². The molecule has 8 heteroatoms. The van der Waals surface area contributed by atoms with Crippen LogP contribution >= 0.6 is 0 Å². The zero-order chi connectivity index (χ0) is 21.8. The number of amides is 2. The van der Waals surface area contributed by atoms with Crippen LogP contribution in [0.5, 0.6) is 17.2 Å². The lowest BCUT2D eigenvalue weighted by Crippen LogP contribution is -2.47. The van der Waals surface area contributed by atoms with Crippen LogP contribution in [0.1, 0.15) is 19.8 Å². The zero-order valence-corrected chi connectivity index (χ0v) is 17.5. The average Bonchev–Trinajstić information content (AvgIpc) is 2.80. The molecule has 31 heavy (non-hydrogen) atoms. The highest BCUT2D eigenvalue weighted by atomic mass is 16.6. The fourth-order valence-electron chi connectivity index (χ4n) is 3.90. The van der Waals surface area contributed by atoms with Crippen molar-refractivity contribution in [3.8, 4) is 17.2 Å². The molecule has 1 fully saturated rings. The van der Waals surface area contributed by atoms with E-state index in [1.54, 1.807) is 42.5 Å². The first-order valence-corrected chi connectivity index (χ1v) is 10.5. The van der Waals surface area contributed by atoms with Gasteiger partial charge in [-0.3, -0.25) is 14.5 Å². The van der Waals surface area contributed by atoms with E-state index in [1.165, 1.54) is 0 Å². The first-order chi connectivity index (χ1) is 15.0. The maximum atomic E-state index is 12.7. The van der Waals surface area contributed by atoms with Crippen LogP contribution < -0.4 is 20.1 Å². The molecule has 2 aliphatic rings. The molecule has 3 N–H and O–H groups in total. The molecule has 8 nitrogen and oxygen atoms in total. The number of phenols is 1. The van der Waals surface area contributed by atoms with Crippen LogP contribution in [0.3, 0.4) is 0 Å². The third-order valence-corrected chi connectivity index (χ3v) is 5.80. The van der Waals surface area contributed by atoms with Crippen molar-refractivity contribution in [3.05, 3.63) is 42.5 Å². The summed E-state index contributed by atoms with van der Waals surface area (Å²) in [6.07, 6.45) is 1.31. The Bertz CT molecular complexity index is 956. The topological polar surface area (TPSA) is 100 Å². The fourth-order valence-corrected chi connectivity index (χ4v) is 3.90. The summed E-state index contributed by atoms with van der Waals surface area (Å²) in [5.41, 5.74) is 1.08. The molecule has 0 spiro atoms. The standard InChI is InChI=1S/C23H27N3O5/c1-15(22(28)24-17-6-7-20-21(14-17)31-13-12-30-20)26-10-8-16(9-11-26)23(29)25-18-4-2-3-5-19(18)27/h2-7,14-16,27H,8-13H2,1H3,(H,24,28)(H,25,29). The Morgan fingerprint density at radius 1 is 1.03 bits per heavy atom. The van der Waals surface area contributed by atoms with Gasteiger partial charge in [-0.25, -0.2) is 0 Å². The lowest BCUT2D eigenvalue weighted by molar-refractivity contribution is -0.123. The molecule has 1 unspecified atom stereocenters. The lowest BCUT2D eigenvalue weighted by atomic mass is 9.94. The minimum absolute atomic E-state index is 0.0534. The number of hydrogen-bond acceptors (Lipinski definition) is 6. The van der Waals surface area contributed by atoms with Crippen molar-refractivity contribution in [1.29, 1.82) is 0 Å². The van der Waals surface area contributed by atoms with Gasteiger partial charge in [0, 0.05) is 17.7 Å². The second-order valence-electron chi connectivity index (χ2n) is 7.84. The van der Waals surface area contributed by atoms with Crippen LogP contribution in [0.25, 0.3) is 0 Å². The van der Waals surface area contributed by atoms with Crippen molar-refractivity contribution in [2.24, 2.45) is 5.92 Å². The quantitative estimate of drug-likeness (QED) is 0.637. The van der Waals surface area contributed by atoms with E-state index in [0.717, 1.165) is 0 Å². The number of benzene rings is 2. The van der Waals surface area contributed by atoms with E-state index in [0.29, 0.717) is 62.0 Å². The molecule has 2 amide bonds. The van der Waals surface area contributed by atoms with Crippen molar-refractivity contribution in [3.63, 3.8) is 0 Å². The van der Waals surface area contributed by atoms with Crippen molar-refractivity contribution in [2.45, 2.75) is 25.8 Å². The largest absolute Gasteiger partial charge is 0.506 e. The molecule has 0 saturated carbocycles. The van der Waals surface area contributed by atoms with Crippen molar-refractivity contribution in [1.82, 2.24) is 4.90 Å². The van der Waals surface area contributed by atoms with E-state index >= 15 is 0 Å². The maximum Gasteiger partial charge on any atom is 0.241 e. The van der Waals surface area contributed by atoms with Gasteiger partial charge in [-0.05, 0) is 57.1 Å². The van der Waals surface area contributed by atoms with E-state index in [-0.39, 0.29) is 29.5 Å². The van der Waals surface area contributed by atoms with Gasteiger partial charge in [0.2, 0.25) is 11.8 Å². The predicted octanol–water partition coefficient (Wildman–Crippen LogP) is 2.84. The Morgan fingerprint density at radius 3 is 2.48 bits per heavy atom. The minimum Gasteiger partial charge on any atom is -0.506 e. The number of aromatic hydroxyl groups is 1. The van der Waals surface area contributed by atoms with Gasteiger partial charge in [-0.2, -0.15) is 0 Å². The van der Waals surface area contributed by atoms with Crippen LogP contribution in [0, 0.1) is 5.92 Å². The lowest BCUT2D eigenvalue weighted by Gasteiger charge is -2.34.